The topological polar surface area (TPSA) is 12.9 Å². The number of thioether (sulfide) groups is 1. The van der Waals surface area contributed by atoms with Gasteiger partial charge in [-0.1, -0.05) is 28.8 Å². The van der Waals surface area contributed by atoms with Crippen molar-refractivity contribution in [1.29, 1.82) is 0 Å². The Bertz CT molecular complexity index is 296. The van der Waals surface area contributed by atoms with Gasteiger partial charge in [-0.3, -0.25) is 4.98 Å². The van der Waals surface area contributed by atoms with Gasteiger partial charge >= 0.3 is 0 Å². The lowest BCUT2D eigenvalue weighted by atomic mass is 9.92. The van der Waals surface area contributed by atoms with Gasteiger partial charge in [0.25, 0.3) is 0 Å². The highest BCUT2D eigenvalue weighted by Crippen LogP contribution is 2.43. The Balaban J connectivity index is 1.92. The monoisotopic (exact) mass is 285 g/mol. The SMILES string of the molecule is BrCC1(CSc2ccncc2)CCCC1. The molecule has 0 radical (unpaired) electrons. The molecule has 1 heterocycles. The fourth-order valence-electron chi connectivity index (χ4n) is 2.11. The van der Waals surface area contributed by atoms with Crippen LogP contribution in [0.1, 0.15) is 25.7 Å². The molecule has 0 amide bonds. The molecule has 3 heteroatoms. The van der Waals surface area contributed by atoms with Crippen molar-refractivity contribution in [3.63, 3.8) is 0 Å². The van der Waals surface area contributed by atoms with Gasteiger partial charge in [-0.05, 0) is 30.4 Å². The summed E-state index contributed by atoms with van der Waals surface area (Å²) in [6.07, 6.45) is 9.33. The highest BCUT2D eigenvalue weighted by atomic mass is 79.9. The second-order valence-corrected chi connectivity index (χ2v) is 5.92. The van der Waals surface area contributed by atoms with Crippen LogP contribution in [0, 0.1) is 5.41 Å². The molecule has 1 fully saturated rings. The molecule has 1 aliphatic carbocycles. The third kappa shape index (κ3) is 2.97. The average molecular weight is 286 g/mol. The van der Waals surface area contributed by atoms with Crippen LogP contribution in [0.5, 0.6) is 0 Å². The number of nitrogens with zero attached hydrogens (tertiary/aromatic N) is 1. The zero-order valence-corrected chi connectivity index (χ0v) is 11.2. The predicted octanol–water partition coefficient (Wildman–Crippen LogP) is 4.13. The standard InChI is InChI=1S/C12H16BrNS/c13-9-12(5-1-2-6-12)10-15-11-3-7-14-8-4-11/h3-4,7-8H,1-2,5-6,9-10H2. The summed E-state index contributed by atoms with van der Waals surface area (Å²) in [6, 6.07) is 4.20. The molecule has 0 unspecified atom stereocenters. The van der Waals surface area contributed by atoms with E-state index in [0.717, 1.165) is 5.33 Å². The van der Waals surface area contributed by atoms with Crippen LogP contribution >= 0.6 is 27.7 Å². The molecule has 0 bridgehead atoms. The Morgan fingerprint density at radius 3 is 2.53 bits per heavy atom. The number of alkyl halides is 1. The predicted molar refractivity (Wildman–Crippen MR) is 69.7 cm³/mol. The number of rotatable bonds is 4. The molecule has 0 atom stereocenters. The van der Waals surface area contributed by atoms with Crippen LogP contribution < -0.4 is 0 Å². The van der Waals surface area contributed by atoms with Crippen molar-refractivity contribution < 1.29 is 0 Å². The molecule has 0 spiro atoms. The van der Waals surface area contributed by atoms with Gasteiger partial charge in [0, 0.05) is 28.4 Å². The molecule has 0 aromatic carbocycles. The molecule has 0 N–H and O–H groups in total. The Hall–Kier alpha value is -0.0200. The summed E-state index contributed by atoms with van der Waals surface area (Å²) < 4.78 is 0. The third-order valence-electron chi connectivity index (χ3n) is 3.14. The molecule has 0 saturated heterocycles. The van der Waals surface area contributed by atoms with Crippen LogP contribution in [0.2, 0.25) is 0 Å². The maximum atomic E-state index is 4.04. The number of hydrogen-bond acceptors (Lipinski definition) is 2. The van der Waals surface area contributed by atoms with Crippen molar-refractivity contribution in [3.8, 4) is 0 Å². The summed E-state index contributed by atoms with van der Waals surface area (Å²) in [6.45, 7) is 0. The molecule has 82 valence electrons. The molecule has 1 saturated carbocycles. The van der Waals surface area contributed by atoms with Crippen LogP contribution in [-0.2, 0) is 0 Å². The molecule has 0 aliphatic heterocycles. The summed E-state index contributed by atoms with van der Waals surface area (Å²) in [4.78, 5) is 5.38. The van der Waals surface area contributed by atoms with Crippen molar-refractivity contribution in [1.82, 2.24) is 4.98 Å². The average Bonchev–Trinajstić information content (AvgIpc) is 2.77. The Kier molecular flexibility index (Phi) is 4.09. The minimum Gasteiger partial charge on any atom is -0.265 e. The summed E-state index contributed by atoms with van der Waals surface area (Å²) in [5, 5.41) is 1.15. The van der Waals surface area contributed by atoms with Gasteiger partial charge in [-0.25, -0.2) is 0 Å². The van der Waals surface area contributed by atoms with Crippen molar-refractivity contribution in [3.05, 3.63) is 24.5 Å². The quantitative estimate of drug-likeness (QED) is 0.609. The Labute approximate surface area is 104 Å². The molecule has 2 rings (SSSR count). The molecule has 15 heavy (non-hydrogen) atoms. The molecular formula is C12H16BrNS. The van der Waals surface area contributed by atoms with E-state index in [0.29, 0.717) is 5.41 Å². The first kappa shape index (κ1) is 11.5. The van der Waals surface area contributed by atoms with E-state index in [2.05, 4.69) is 33.0 Å². The van der Waals surface area contributed by atoms with Gasteiger partial charge in [0.05, 0.1) is 0 Å². The second-order valence-electron chi connectivity index (χ2n) is 4.31. The zero-order valence-electron chi connectivity index (χ0n) is 8.79. The third-order valence-corrected chi connectivity index (χ3v) is 5.69. The van der Waals surface area contributed by atoms with E-state index in [-0.39, 0.29) is 0 Å². The van der Waals surface area contributed by atoms with Crippen molar-refractivity contribution in [2.24, 2.45) is 5.41 Å². The normalized spacial score (nSPS) is 19.3. The highest BCUT2D eigenvalue weighted by molar-refractivity contribution is 9.09. The van der Waals surface area contributed by atoms with E-state index in [1.165, 1.54) is 36.3 Å². The van der Waals surface area contributed by atoms with E-state index in [1.807, 2.05) is 24.2 Å². The molecule has 1 nitrogen and oxygen atoms in total. The lowest BCUT2D eigenvalue weighted by Gasteiger charge is -2.25. The van der Waals surface area contributed by atoms with Crippen molar-refractivity contribution in [2.45, 2.75) is 30.6 Å². The van der Waals surface area contributed by atoms with Gasteiger partial charge in [0.15, 0.2) is 0 Å². The maximum Gasteiger partial charge on any atom is 0.0278 e. The van der Waals surface area contributed by atoms with E-state index >= 15 is 0 Å². The van der Waals surface area contributed by atoms with E-state index in [4.69, 9.17) is 0 Å². The van der Waals surface area contributed by atoms with Crippen molar-refractivity contribution >= 4 is 27.7 Å². The molecule has 1 aliphatic rings. The fraction of sp³-hybridized carbons (Fsp3) is 0.583. The second kappa shape index (κ2) is 5.35. The molecule has 1 aromatic rings. The van der Waals surface area contributed by atoms with Gasteiger partial charge < -0.3 is 0 Å². The van der Waals surface area contributed by atoms with Gasteiger partial charge in [0.2, 0.25) is 0 Å². The molecule has 1 aromatic heterocycles. The largest absolute Gasteiger partial charge is 0.265 e. The van der Waals surface area contributed by atoms with Gasteiger partial charge in [-0.2, -0.15) is 0 Å². The Morgan fingerprint density at radius 2 is 1.93 bits per heavy atom. The zero-order chi connectivity index (χ0) is 10.6. The lowest BCUT2D eigenvalue weighted by Crippen LogP contribution is -2.21. The number of aromatic nitrogens is 1. The molecular weight excluding hydrogens is 270 g/mol. The summed E-state index contributed by atoms with van der Waals surface area (Å²) in [5.41, 5.74) is 0.550. The summed E-state index contributed by atoms with van der Waals surface area (Å²) >= 11 is 5.65. The minimum atomic E-state index is 0.550. The van der Waals surface area contributed by atoms with Gasteiger partial charge in [0.1, 0.15) is 0 Å². The first-order valence-corrected chi connectivity index (χ1v) is 7.54. The van der Waals surface area contributed by atoms with Gasteiger partial charge in [-0.15, -0.1) is 11.8 Å². The van der Waals surface area contributed by atoms with Crippen LogP contribution in [0.3, 0.4) is 0 Å². The number of halogens is 1. The highest BCUT2D eigenvalue weighted by Gasteiger charge is 2.32. The van der Waals surface area contributed by atoms with Crippen LogP contribution in [-0.4, -0.2) is 16.1 Å². The summed E-state index contributed by atoms with van der Waals surface area (Å²) in [5.74, 6) is 1.24. The van der Waals surface area contributed by atoms with E-state index < -0.39 is 0 Å². The number of pyridine rings is 1. The van der Waals surface area contributed by atoms with Crippen LogP contribution in [0.15, 0.2) is 29.4 Å². The maximum absolute atomic E-state index is 4.04. The number of hydrogen-bond donors (Lipinski definition) is 0. The van der Waals surface area contributed by atoms with Crippen molar-refractivity contribution in [2.75, 3.05) is 11.1 Å². The first-order valence-electron chi connectivity index (χ1n) is 5.43. The van der Waals surface area contributed by atoms with Crippen LogP contribution in [0.25, 0.3) is 0 Å². The smallest absolute Gasteiger partial charge is 0.0278 e. The first-order chi connectivity index (χ1) is 7.35. The Morgan fingerprint density at radius 1 is 1.27 bits per heavy atom. The fourth-order valence-corrected chi connectivity index (χ4v) is 4.31. The van der Waals surface area contributed by atoms with E-state index in [9.17, 15) is 0 Å². The summed E-state index contributed by atoms with van der Waals surface area (Å²) in [7, 11) is 0. The van der Waals surface area contributed by atoms with E-state index in [1.54, 1.807) is 0 Å². The minimum absolute atomic E-state index is 0.550. The lowest BCUT2D eigenvalue weighted by molar-refractivity contribution is 0.405. The van der Waals surface area contributed by atoms with Crippen LogP contribution in [0.4, 0.5) is 0 Å².